The fourth-order valence-electron chi connectivity index (χ4n) is 3.75. The Labute approximate surface area is 175 Å². The smallest absolute Gasteiger partial charge is 0.191 e. The molecule has 0 bridgehead atoms. The van der Waals surface area contributed by atoms with E-state index >= 15 is 0 Å². The first-order valence-corrected chi connectivity index (χ1v) is 11.8. The van der Waals surface area contributed by atoms with Crippen molar-refractivity contribution in [1.82, 2.24) is 25.3 Å². The van der Waals surface area contributed by atoms with Gasteiger partial charge in [0.1, 0.15) is 0 Å². The van der Waals surface area contributed by atoms with Crippen LogP contribution in [0.1, 0.15) is 60.3 Å². The highest BCUT2D eigenvalue weighted by molar-refractivity contribution is 5.79. The van der Waals surface area contributed by atoms with Crippen molar-refractivity contribution in [3.05, 3.63) is 0 Å². The van der Waals surface area contributed by atoms with Crippen molar-refractivity contribution in [3.8, 4) is 0 Å². The number of nitrogens with zero attached hydrogens (tertiary/aromatic N) is 4. The summed E-state index contributed by atoms with van der Waals surface area (Å²) in [5, 5.41) is 6.98. The molecule has 1 atom stereocenters. The lowest BCUT2D eigenvalue weighted by Gasteiger charge is -2.33. The first-order valence-electron chi connectivity index (χ1n) is 11.8. The normalized spacial score (nSPS) is 17.9. The van der Waals surface area contributed by atoms with E-state index in [4.69, 9.17) is 4.99 Å². The Balaban J connectivity index is 2.20. The van der Waals surface area contributed by atoms with Gasteiger partial charge in [-0.2, -0.15) is 0 Å². The van der Waals surface area contributed by atoms with Crippen molar-refractivity contribution < 1.29 is 0 Å². The van der Waals surface area contributed by atoms with E-state index in [1.807, 2.05) is 0 Å². The summed E-state index contributed by atoms with van der Waals surface area (Å²) in [5.74, 6) is 0.981. The van der Waals surface area contributed by atoms with E-state index < -0.39 is 0 Å². The van der Waals surface area contributed by atoms with Gasteiger partial charge < -0.3 is 25.3 Å². The van der Waals surface area contributed by atoms with Crippen molar-refractivity contribution >= 4 is 5.96 Å². The summed E-state index contributed by atoms with van der Waals surface area (Å²) in [7, 11) is 0. The monoisotopic (exact) mass is 396 g/mol. The number of hydrogen-bond acceptors (Lipinski definition) is 4. The predicted octanol–water partition coefficient (Wildman–Crippen LogP) is 2.47. The molecule has 6 heteroatoms. The summed E-state index contributed by atoms with van der Waals surface area (Å²) in [6, 6.07) is 0.461. The van der Waals surface area contributed by atoms with Crippen LogP contribution in [0.2, 0.25) is 0 Å². The number of unbranched alkanes of at least 4 members (excludes halogenated alkanes) is 1. The maximum Gasteiger partial charge on any atom is 0.191 e. The van der Waals surface area contributed by atoms with E-state index in [9.17, 15) is 0 Å². The summed E-state index contributed by atoms with van der Waals surface area (Å²) in [5.41, 5.74) is 0. The molecule has 1 rings (SSSR count). The van der Waals surface area contributed by atoms with E-state index in [1.54, 1.807) is 0 Å². The second-order valence-electron chi connectivity index (χ2n) is 7.96. The van der Waals surface area contributed by atoms with Gasteiger partial charge in [0, 0.05) is 45.3 Å². The third-order valence-corrected chi connectivity index (χ3v) is 5.80. The number of nitrogens with one attached hydrogen (secondary N) is 2. The van der Waals surface area contributed by atoms with Gasteiger partial charge in [-0.25, -0.2) is 0 Å². The van der Waals surface area contributed by atoms with Crippen LogP contribution in [0.5, 0.6) is 0 Å². The summed E-state index contributed by atoms with van der Waals surface area (Å²) in [6.45, 7) is 23.8. The maximum atomic E-state index is 4.79. The maximum absolute atomic E-state index is 4.79. The second kappa shape index (κ2) is 16.0. The van der Waals surface area contributed by atoms with Gasteiger partial charge in [0.05, 0.1) is 0 Å². The third kappa shape index (κ3) is 11.2. The standard InChI is InChI=1S/C22H48N6/c1-6-23-22(25-21(5)13-12-16-26(7-2)8-3)24-14-10-11-15-28-19-17-27(9-4)18-20-28/h21H,6-20H2,1-5H3,(H2,23,24,25). The van der Waals surface area contributed by atoms with Gasteiger partial charge in [-0.15, -0.1) is 0 Å². The minimum atomic E-state index is 0.461. The Morgan fingerprint density at radius 3 is 2.25 bits per heavy atom. The molecule has 1 unspecified atom stereocenters. The van der Waals surface area contributed by atoms with Gasteiger partial charge in [0.15, 0.2) is 5.96 Å². The predicted molar refractivity (Wildman–Crippen MR) is 123 cm³/mol. The fraction of sp³-hybridized carbons (Fsp3) is 0.955. The minimum Gasteiger partial charge on any atom is -0.357 e. The molecule has 1 aliphatic rings. The molecular formula is C22H48N6. The van der Waals surface area contributed by atoms with Gasteiger partial charge in [0.25, 0.3) is 0 Å². The topological polar surface area (TPSA) is 46.1 Å². The molecule has 0 aliphatic carbocycles. The van der Waals surface area contributed by atoms with E-state index in [0.29, 0.717) is 6.04 Å². The van der Waals surface area contributed by atoms with Crippen molar-refractivity contribution in [2.45, 2.75) is 66.3 Å². The molecule has 6 nitrogen and oxygen atoms in total. The molecule has 1 saturated heterocycles. The highest BCUT2D eigenvalue weighted by Crippen LogP contribution is 2.03. The zero-order valence-corrected chi connectivity index (χ0v) is 19.5. The van der Waals surface area contributed by atoms with E-state index in [2.05, 4.69) is 60.0 Å². The van der Waals surface area contributed by atoms with Crippen molar-refractivity contribution in [2.75, 3.05) is 72.0 Å². The van der Waals surface area contributed by atoms with Gasteiger partial charge in [-0.3, -0.25) is 4.99 Å². The lowest BCUT2D eigenvalue weighted by molar-refractivity contribution is 0.136. The number of piperazine rings is 1. The Morgan fingerprint density at radius 1 is 0.964 bits per heavy atom. The third-order valence-electron chi connectivity index (χ3n) is 5.80. The number of likely N-dealkylation sites (N-methyl/N-ethyl adjacent to an activating group) is 1. The van der Waals surface area contributed by atoms with Crippen LogP contribution in [0.15, 0.2) is 4.99 Å². The molecule has 28 heavy (non-hydrogen) atoms. The number of hydrogen-bond donors (Lipinski definition) is 2. The van der Waals surface area contributed by atoms with E-state index in [0.717, 1.165) is 32.1 Å². The highest BCUT2D eigenvalue weighted by atomic mass is 15.3. The van der Waals surface area contributed by atoms with Gasteiger partial charge in [-0.1, -0.05) is 20.8 Å². The Bertz CT molecular complexity index is 388. The van der Waals surface area contributed by atoms with Crippen LogP contribution in [0.25, 0.3) is 0 Å². The second-order valence-corrected chi connectivity index (χ2v) is 7.96. The Hall–Kier alpha value is -0.850. The van der Waals surface area contributed by atoms with Crippen molar-refractivity contribution in [2.24, 2.45) is 4.99 Å². The Kier molecular flexibility index (Phi) is 14.4. The molecule has 0 amide bonds. The molecular weight excluding hydrogens is 348 g/mol. The summed E-state index contributed by atoms with van der Waals surface area (Å²) < 4.78 is 0. The lowest BCUT2D eigenvalue weighted by Crippen LogP contribution is -2.46. The molecule has 166 valence electrons. The SMILES string of the molecule is CCNC(=NCCCCN1CCN(CC)CC1)NC(C)CCCN(CC)CC. The Morgan fingerprint density at radius 2 is 1.64 bits per heavy atom. The highest BCUT2D eigenvalue weighted by Gasteiger charge is 2.14. The van der Waals surface area contributed by atoms with Crippen LogP contribution >= 0.6 is 0 Å². The molecule has 1 aliphatic heterocycles. The average Bonchev–Trinajstić information content (AvgIpc) is 2.71. The summed E-state index contributed by atoms with van der Waals surface area (Å²) in [4.78, 5) is 12.4. The molecule has 0 saturated carbocycles. The summed E-state index contributed by atoms with van der Waals surface area (Å²) in [6.07, 6.45) is 4.83. The zero-order chi connectivity index (χ0) is 20.6. The van der Waals surface area contributed by atoms with Crippen molar-refractivity contribution in [1.29, 1.82) is 0 Å². The first kappa shape index (κ1) is 25.2. The van der Waals surface area contributed by atoms with Crippen LogP contribution in [-0.4, -0.2) is 98.7 Å². The summed E-state index contributed by atoms with van der Waals surface area (Å²) >= 11 is 0. The van der Waals surface area contributed by atoms with Crippen molar-refractivity contribution in [3.63, 3.8) is 0 Å². The molecule has 2 N–H and O–H groups in total. The van der Waals surface area contributed by atoms with Crippen LogP contribution in [0, 0.1) is 0 Å². The molecule has 0 aromatic rings. The molecule has 0 aromatic heterocycles. The number of aliphatic imine (C=N–C) groups is 1. The number of rotatable bonds is 14. The lowest BCUT2D eigenvalue weighted by atomic mass is 10.2. The quantitative estimate of drug-likeness (QED) is 0.268. The number of guanidine groups is 1. The zero-order valence-electron chi connectivity index (χ0n) is 19.5. The van der Waals surface area contributed by atoms with Crippen LogP contribution in [0.3, 0.4) is 0 Å². The van der Waals surface area contributed by atoms with Crippen LogP contribution < -0.4 is 10.6 Å². The van der Waals surface area contributed by atoms with Crippen LogP contribution in [-0.2, 0) is 0 Å². The first-order chi connectivity index (χ1) is 13.6. The van der Waals surface area contributed by atoms with Crippen LogP contribution in [0.4, 0.5) is 0 Å². The largest absolute Gasteiger partial charge is 0.357 e. The average molecular weight is 397 g/mol. The van der Waals surface area contributed by atoms with E-state index in [1.165, 1.54) is 71.5 Å². The van der Waals surface area contributed by atoms with Gasteiger partial charge in [-0.05, 0) is 72.3 Å². The molecule has 0 radical (unpaired) electrons. The molecule has 0 spiro atoms. The van der Waals surface area contributed by atoms with E-state index in [-0.39, 0.29) is 0 Å². The molecule has 1 fully saturated rings. The van der Waals surface area contributed by atoms with Gasteiger partial charge in [0.2, 0.25) is 0 Å². The molecule has 1 heterocycles. The molecule has 0 aromatic carbocycles. The fourth-order valence-corrected chi connectivity index (χ4v) is 3.75. The minimum absolute atomic E-state index is 0.461. The van der Waals surface area contributed by atoms with Gasteiger partial charge >= 0.3 is 0 Å².